The van der Waals surface area contributed by atoms with Gasteiger partial charge in [0.25, 0.3) is 7.82 Å². The topological polar surface area (TPSA) is 111 Å². The van der Waals surface area contributed by atoms with E-state index in [1.54, 1.807) is 0 Å². The van der Waals surface area contributed by atoms with Crippen molar-refractivity contribution in [2.24, 2.45) is 0 Å². The van der Waals surface area contributed by atoms with Gasteiger partial charge in [0.15, 0.2) is 6.10 Å². The van der Waals surface area contributed by atoms with Crippen LogP contribution in [-0.2, 0) is 32.7 Å². The number of ether oxygens (including phenoxy) is 2. The van der Waals surface area contributed by atoms with Crippen LogP contribution in [0.2, 0.25) is 0 Å². The largest absolute Gasteiger partial charge is 0.756 e. The number of hydrogen-bond donors (Lipinski definition) is 0. The second-order valence-electron chi connectivity index (χ2n) is 22.4. The Morgan fingerprint density at radius 1 is 0.405 bits per heavy atom. The van der Waals surface area contributed by atoms with Gasteiger partial charge in [0.1, 0.15) is 19.8 Å². The molecule has 0 radical (unpaired) electrons. The lowest BCUT2D eigenvalue weighted by Crippen LogP contribution is -2.37. The fourth-order valence-electron chi connectivity index (χ4n) is 8.61. The van der Waals surface area contributed by atoms with E-state index in [9.17, 15) is 19.0 Å². The lowest BCUT2D eigenvalue weighted by Gasteiger charge is -2.28. The number of phosphoric ester groups is 1. The summed E-state index contributed by atoms with van der Waals surface area (Å²) < 4.78 is 34.2. The number of likely N-dealkylation sites (N-methyl/N-ethyl adjacent to an activating group) is 1. The number of carbonyl (C=O) groups excluding carboxylic acids is 2. The third-order valence-electron chi connectivity index (χ3n) is 13.5. The second kappa shape index (κ2) is 59.3. The van der Waals surface area contributed by atoms with Gasteiger partial charge in [-0.15, -0.1) is 0 Å². The van der Waals surface area contributed by atoms with E-state index in [0.717, 1.165) is 109 Å². The first-order chi connectivity index (χ1) is 38.5. The summed E-state index contributed by atoms with van der Waals surface area (Å²) in [5, 5.41) is 0. The molecule has 0 aliphatic heterocycles. The quantitative estimate of drug-likeness (QED) is 0.0195. The van der Waals surface area contributed by atoms with Crippen molar-refractivity contribution in [3.05, 3.63) is 109 Å². The highest BCUT2D eigenvalue weighted by Gasteiger charge is 2.22. The zero-order chi connectivity index (χ0) is 57.7. The van der Waals surface area contributed by atoms with Crippen LogP contribution in [0.4, 0.5) is 0 Å². The highest BCUT2D eigenvalue weighted by atomic mass is 31.2. The molecule has 0 rings (SSSR count). The molecule has 0 aliphatic carbocycles. The summed E-state index contributed by atoms with van der Waals surface area (Å²) in [6, 6.07) is 0. The van der Waals surface area contributed by atoms with E-state index in [2.05, 4.69) is 123 Å². The Labute approximate surface area is 486 Å². The molecule has 10 heteroatoms. The molecular weight excluding hydrogens is 1000 g/mol. The lowest BCUT2D eigenvalue weighted by atomic mass is 10.0. The standard InChI is InChI=1S/C69H120NO8P/c1-6-8-10-12-14-16-18-20-22-24-25-26-27-28-29-30-31-32-33-34-35-36-37-38-39-40-41-42-43-44-45-46-48-50-52-54-56-58-60-62-69(72)78-67(66-77-79(73,74)76-64-63-70(3,4)5)65-75-68(71)61-59-57-55-53-51-49-47-23-21-19-17-15-13-11-9-7-2/h8,10,14,16,20,22-23,25-26,28-29,31-32,34-35,37-38,47,67H,6-7,9,11-13,15,17-19,21,24,27,30,33,36,39-46,48-66H2,1-5H3/b10-8-,16-14-,22-20-,26-25-,29-28-,32-31-,35-34-,38-37-,47-23-. The maximum atomic E-state index is 12.8. The van der Waals surface area contributed by atoms with Crippen molar-refractivity contribution in [2.75, 3.05) is 47.5 Å². The summed E-state index contributed by atoms with van der Waals surface area (Å²) >= 11 is 0. The van der Waals surface area contributed by atoms with Gasteiger partial charge in [-0.3, -0.25) is 14.2 Å². The Kier molecular flexibility index (Phi) is 56.8. The van der Waals surface area contributed by atoms with Gasteiger partial charge in [-0.25, -0.2) is 0 Å². The van der Waals surface area contributed by atoms with Crippen molar-refractivity contribution in [1.29, 1.82) is 0 Å². The van der Waals surface area contributed by atoms with E-state index in [0.29, 0.717) is 17.4 Å². The number of nitrogens with zero attached hydrogens (tertiary/aromatic N) is 1. The van der Waals surface area contributed by atoms with E-state index in [4.69, 9.17) is 18.5 Å². The van der Waals surface area contributed by atoms with Crippen LogP contribution >= 0.6 is 7.82 Å². The first-order valence-corrected chi connectivity index (χ1v) is 33.6. The SMILES string of the molecule is CC/C=C\C/C=C\C/C=C\C/C=C\C/C=C\C/C=C\C/C=C\C/C=C\CCCCCCCCCCCCCCCCC(=O)OC(COC(=O)CCCCCCC/C=C\CCCCCCCCC)COP(=O)([O-])OCC[N+](C)(C)C. The molecule has 2 unspecified atom stereocenters. The van der Waals surface area contributed by atoms with Crippen LogP contribution in [-0.4, -0.2) is 70.0 Å². The van der Waals surface area contributed by atoms with Gasteiger partial charge in [0.05, 0.1) is 27.7 Å². The Morgan fingerprint density at radius 2 is 0.722 bits per heavy atom. The molecule has 0 aliphatic rings. The number of hydrogen-bond acceptors (Lipinski definition) is 8. The summed E-state index contributed by atoms with van der Waals surface area (Å²) in [7, 11) is 1.16. The Morgan fingerprint density at radius 3 is 1.09 bits per heavy atom. The van der Waals surface area contributed by atoms with Crippen molar-refractivity contribution >= 4 is 19.8 Å². The van der Waals surface area contributed by atoms with Gasteiger partial charge in [-0.05, 0) is 103 Å². The van der Waals surface area contributed by atoms with Gasteiger partial charge >= 0.3 is 11.9 Å². The van der Waals surface area contributed by atoms with Crippen LogP contribution in [0.1, 0.15) is 264 Å². The minimum atomic E-state index is -4.64. The Balaban J connectivity index is 4.04. The van der Waals surface area contributed by atoms with Crippen LogP contribution in [0.5, 0.6) is 0 Å². The maximum absolute atomic E-state index is 12.8. The predicted molar refractivity (Wildman–Crippen MR) is 337 cm³/mol. The number of phosphoric acid groups is 1. The number of esters is 2. The highest BCUT2D eigenvalue weighted by molar-refractivity contribution is 7.45. The molecular formula is C69H120NO8P. The fraction of sp³-hybridized carbons (Fsp3) is 0.710. The van der Waals surface area contributed by atoms with Crippen LogP contribution in [0.25, 0.3) is 0 Å². The van der Waals surface area contributed by atoms with Gasteiger partial charge in [0.2, 0.25) is 0 Å². The van der Waals surface area contributed by atoms with Crippen LogP contribution < -0.4 is 4.89 Å². The predicted octanol–water partition coefficient (Wildman–Crippen LogP) is 19.9. The number of allylic oxidation sites excluding steroid dienone is 18. The van der Waals surface area contributed by atoms with E-state index in [1.807, 2.05) is 21.1 Å². The van der Waals surface area contributed by atoms with Gasteiger partial charge in [-0.2, -0.15) is 0 Å². The number of carbonyl (C=O) groups is 2. The minimum Gasteiger partial charge on any atom is -0.756 e. The Bertz CT molecular complexity index is 1700. The normalized spacial score (nSPS) is 13.9. The van der Waals surface area contributed by atoms with Gasteiger partial charge in [-0.1, -0.05) is 258 Å². The second-order valence-corrected chi connectivity index (χ2v) is 23.8. The molecule has 79 heavy (non-hydrogen) atoms. The van der Waals surface area contributed by atoms with Crippen LogP contribution in [0.15, 0.2) is 109 Å². The van der Waals surface area contributed by atoms with E-state index in [1.165, 1.54) is 122 Å². The maximum Gasteiger partial charge on any atom is 0.306 e. The molecule has 0 spiro atoms. The zero-order valence-corrected chi connectivity index (χ0v) is 52.4. The minimum absolute atomic E-state index is 0.0352. The first-order valence-electron chi connectivity index (χ1n) is 32.1. The molecule has 0 N–H and O–H groups in total. The van der Waals surface area contributed by atoms with E-state index in [-0.39, 0.29) is 26.1 Å². The first kappa shape index (κ1) is 75.7. The van der Waals surface area contributed by atoms with Crippen LogP contribution in [0, 0.1) is 0 Å². The summed E-state index contributed by atoms with van der Waals surface area (Å²) in [4.78, 5) is 37.9. The Hall–Kier alpha value is -3.33. The van der Waals surface area contributed by atoms with Gasteiger partial charge in [0, 0.05) is 12.8 Å². The van der Waals surface area contributed by atoms with Gasteiger partial charge < -0.3 is 27.9 Å². The number of unbranched alkanes of at least 4 members (excludes halogenated alkanes) is 26. The summed E-state index contributed by atoms with van der Waals surface area (Å²) in [5.41, 5.74) is 0. The molecule has 9 nitrogen and oxygen atoms in total. The average Bonchev–Trinajstić information content (AvgIpc) is 3.41. The highest BCUT2D eigenvalue weighted by Crippen LogP contribution is 2.38. The molecule has 0 amide bonds. The number of rotatable bonds is 58. The van der Waals surface area contributed by atoms with Crippen LogP contribution in [0.3, 0.4) is 0 Å². The summed E-state index contributed by atoms with van der Waals surface area (Å²) in [5.74, 6) is -0.842. The van der Waals surface area contributed by atoms with Crippen molar-refractivity contribution in [1.82, 2.24) is 0 Å². The molecule has 0 aromatic rings. The third kappa shape index (κ3) is 63.7. The summed E-state index contributed by atoms with van der Waals surface area (Å²) in [6.07, 6.45) is 83.0. The smallest absolute Gasteiger partial charge is 0.306 e. The molecule has 0 aromatic heterocycles. The molecule has 2 atom stereocenters. The van der Waals surface area contributed by atoms with Crippen molar-refractivity contribution in [3.63, 3.8) is 0 Å². The molecule has 0 heterocycles. The molecule has 454 valence electrons. The van der Waals surface area contributed by atoms with Crippen molar-refractivity contribution in [2.45, 2.75) is 270 Å². The molecule has 0 aromatic carbocycles. The van der Waals surface area contributed by atoms with E-state index < -0.39 is 32.5 Å². The number of quaternary nitrogens is 1. The molecule has 0 fully saturated rings. The molecule has 0 bridgehead atoms. The molecule has 0 saturated heterocycles. The fourth-order valence-corrected chi connectivity index (χ4v) is 9.34. The van der Waals surface area contributed by atoms with Crippen molar-refractivity contribution < 1.29 is 42.1 Å². The monoisotopic (exact) mass is 1120 g/mol. The summed E-state index contributed by atoms with van der Waals surface area (Å²) in [6.45, 7) is 4.12. The lowest BCUT2D eigenvalue weighted by molar-refractivity contribution is -0.870. The zero-order valence-electron chi connectivity index (χ0n) is 51.5. The van der Waals surface area contributed by atoms with Crippen molar-refractivity contribution in [3.8, 4) is 0 Å². The van der Waals surface area contributed by atoms with E-state index >= 15 is 0 Å². The molecule has 0 saturated carbocycles. The third-order valence-corrected chi connectivity index (χ3v) is 14.5. The average molecular weight is 1120 g/mol.